The van der Waals surface area contributed by atoms with Crippen molar-refractivity contribution in [3.8, 4) is 5.75 Å². The number of rotatable bonds is 1. The Labute approximate surface area is 81.2 Å². The van der Waals surface area contributed by atoms with Crippen LogP contribution in [0, 0.1) is 0 Å². The normalized spacial score (nSPS) is 10.9. The predicted molar refractivity (Wildman–Crippen MR) is 52.8 cm³/mol. The van der Waals surface area contributed by atoms with Crippen LogP contribution in [0.2, 0.25) is 10.0 Å². The number of benzene rings is 1. The van der Waals surface area contributed by atoms with Crippen LogP contribution < -0.4 is 0 Å². The number of phenolic OH excluding ortho intramolecular Hbond substituents is 1. The minimum atomic E-state index is 0.0299. The van der Waals surface area contributed by atoms with Crippen LogP contribution in [0.5, 0.6) is 5.75 Å². The van der Waals surface area contributed by atoms with E-state index in [2.05, 4.69) is 0 Å². The van der Waals surface area contributed by atoms with Crippen molar-refractivity contribution in [2.24, 2.45) is 0 Å². The van der Waals surface area contributed by atoms with Gasteiger partial charge in [-0.3, -0.25) is 0 Å². The maximum absolute atomic E-state index is 9.44. The molecule has 0 aliphatic carbocycles. The van der Waals surface area contributed by atoms with Gasteiger partial charge in [-0.05, 0) is 19.1 Å². The zero-order valence-electron chi connectivity index (χ0n) is 6.51. The molecule has 1 nitrogen and oxygen atoms in total. The fourth-order valence-corrected chi connectivity index (χ4v) is 1.19. The average Bonchev–Trinajstić information content (AvgIpc) is 2.07. The molecular weight excluding hydrogens is 195 g/mol. The topological polar surface area (TPSA) is 20.2 Å². The number of allylic oxidation sites excluding steroid dienone is 1. The maximum atomic E-state index is 9.44. The molecule has 12 heavy (non-hydrogen) atoms. The molecule has 0 aliphatic rings. The molecule has 1 rings (SSSR count). The predicted octanol–water partition coefficient (Wildman–Crippen LogP) is 3.73. The fourth-order valence-electron chi connectivity index (χ4n) is 0.869. The van der Waals surface area contributed by atoms with Crippen LogP contribution in [0.25, 0.3) is 6.08 Å². The van der Waals surface area contributed by atoms with Crippen molar-refractivity contribution in [2.75, 3.05) is 0 Å². The largest absolute Gasteiger partial charge is 0.506 e. The van der Waals surface area contributed by atoms with E-state index in [4.69, 9.17) is 23.2 Å². The van der Waals surface area contributed by atoms with Crippen molar-refractivity contribution in [3.63, 3.8) is 0 Å². The van der Waals surface area contributed by atoms with E-state index in [-0.39, 0.29) is 10.8 Å². The maximum Gasteiger partial charge on any atom is 0.142 e. The van der Waals surface area contributed by atoms with Crippen molar-refractivity contribution in [1.82, 2.24) is 0 Å². The molecule has 1 aromatic carbocycles. The fraction of sp³-hybridized carbons (Fsp3) is 0.111. The lowest BCUT2D eigenvalue weighted by Gasteiger charge is -2.02. The van der Waals surface area contributed by atoms with E-state index in [1.165, 1.54) is 0 Å². The van der Waals surface area contributed by atoms with Gasteiger partial charge >= 0.3 is 0 Å². The summed E-state index contributed by atoms with van der Waals surface area (Å²) in [7, 11) is 0. The van der Waals surface area contributed by atoms with Crippen molar-refractivity contribution < 1.29 is 5.11 Å². The summed E-state index contributed by atoms with van der Waals surface area (Å²) in [5.41, 5.74) is 0.673. The minimum Gasteiger partial charge on any atom is -0.506 e. The van der Waals surface area contributed by atoms with E-state index < -0.39 is 0 Å². The molecule has 0 unspecified atom stereocenters. The first-order valence-corrected chi connectivity index (χ1v) is 4.22. The number of hydrogen-bond donors (Lipinski definition) is 1. The van der Waals surface area contributed by atoms with Gasteiger partial charge in [0, 0.05) is 5.56 Å². The van der Waals surface area contributed by atoms with Gasteiger partial charge < -0.3 is 5.11 Å². The van der Waals surface area contributed by atoms with Crippen LogP contribution in [0.1, 0.15) is 12.5 Å². The SMILES string of the molecule is CC=Cc1ccc(Cl)c(Cl)c1O. The van der Waals surface area contributed by atoms with E-state index in [1.54, 1.807) is 18.2 Å². The highest BCUT2D eigenvalue weighted by molar-refractivity contribution is 6.43. The van der Waals surface area contributed by atoms with Gasteiger partial charge in [0.15, 0.2) is 0 Å². The Balaban J connectivity index is 3.26. The number of phenols is 1. The molecular formula is C9H8Cl2O. The van der Waals surface area contributed by atoms with E-state index in [1.807, 2.05) is 13.0 Å². The molecule has 0 fully saturated rings. The molecule has 64 valence electrons. The highest BCUT2D eigenvalue weighted by atomic mass is 35.5. The summed E-state index contributed by atoms with van der Waals surface area (Å²) in [4.78, 5) is 0. The molecule has 0 atom stereocenters. The molecule has 3 heteroatoms. The van der Waals surface area contributed by atoms with Crippen LogP contribution >= 0.6 is 23.2 Å². The van der Waals surface area contributed by atoms with Crippen LogP contribution in [-0.4, -0.2) is 5.11 Å². The number of hydrogen-bond acceptors (Lipinski definition) is 1. The first kappa shape index (κ1) is 9.43. The minimum absolute atomic E-state index is 0.0299. The summed E-state index contributed by atoms with van der Waals surface area (Å²) in [5, 5.41) is 10.0. The van der Waals surface area contributed by atoms with Gasteiger partial charge in [-0.1, -0.05) is 35.4 Å². The van der Waals surface area contributed by atoms with Crippen LogP contribution in [0.4, 0.5) is 0 Å². The highest BCUT2D eigenvalue weighted by Crippen LogP contribution is 2.34. The molecule has 0 bridgehead atoms. The third kappa shape index (κ3) is 1.74. The van der Waals surface area contributed by atoms with Crippen LogP contribution in [0.3, 0.4) is 0 Å². The highest BCUT2D eigenvalue weighted by Gasteiger charge is 2.06. The average molecular weight is 203 g/mol. The van der Waals surface area contributed by atoms with Crippen LogP contribution in [-0.2, 0) is 0 Å². The Hall–Kier alpha value is -0.660. The molecule has 1 aromatic rings. The standard InChI is InChI=1S/C9H8Cl2O/c1-2-3-6-4-5-7(10)8(11)9(6)12/h2-5,12H,1H3. The third-order valence-electron chi connectivity index (χ3n) is 1.45. The molecule has 0 aromatic heterocycles. The summed E-state index contributed by atoms with van der Waals surface area (Å²) in [5.74, 6) is 0.0299. The third-order valence-corrected chi connectivity index (χ3v) is 2.24. The first-order chi connectivity index (χ1) is 5.66. The Bertz CT molecular complexity index is 319. The first-order valence-electron chi connectivity index (χ1n) is 3.46. The van der Waals surface area contributed by atoms with Gasteiger partial charge in [-0.25, -0.2) is 0 Å². The Kier molecular flexibility index (Phi) is 3.01. The summed E-state index contributed by atoms with van der Waals surface area (Å²) >= 11 is 11.4. The van der Waals surface area contributed by atoms with E-state index in [0.717, 1.165) is 0 Å². The van der Waals surface area contributed by atoms with E-state index in [9.17, 15) is 5.11 Å². The van der Waals surface area contributed by atoms with E-state index >= 15 is 0 Å². The smallest absolute Gasteiger partial charge is 0.142 e. The number of aromatic hydroxyl groups is 1. The van der Waals surface area contributed by atoms with Crippen molar-refractivity contribution >= 4 is 29.3 Å². The Morgan fingerprint density at radius 3 is 2.58 bits per heavy atom. The quantitative estimate of drug-likeness (QED) is 0.737. The summed E-state index contributed by atoms with van der Waals surface area (Å²) in [6.45, 7) is 1.86. The second-order valence-corrected chi connectivity index (χ2v) is 3.08. The second kappa shape index (κ2) is 3.83. The Morgan fingerprint density at radius 1 is 1.33 bits per heavy atom. The van der Waals surface area contributed by atoms with Crippen LogP contribution in [0.15, 0.2) is 18.2 Å². The van der Waals surface area contributed by atoms with Gasteiger partial charge in [-0.15, -0.1) is 0 Å². The van der Waals surface area contributed by atoms with Crippen molar-refractivity contribution in [3.05, 3.63) is 33.8 Å². The Morgan fingerprint density at radius 2 is 2.00 bits per heavy atom. The van der Waals surface area contributed by atoms with Gasteiger partial charge in [-0.2, -0.15) is 0 Å². The molecule has 0 heterocycles. The van der Waals surface area contributed by atoms with Gasteiger partial charge in [0.2, 0.25) is 0 Å². The molecule has 1 N–H and O–H groups in total. The van der Waals surface area contributed by atoms with Crippen molar-refractivity contribution in [1.29, 1.82) is 0 Å². The summed E-state index contributed by atoms with van der Waals surface area (Å²) < 4.78 is 0. The molecule has 0 saturated heterocycles. The molecule has 0 aliphatic heterocycles. The summed E-state index contributed by atoms with van der Waals surface area (Å²) in [6.07, 6.45) is 3.58. The summed E-state index contributed by atoms with van der Waals surface area (Å²) in [6, 6.07) is 3.36. The van der Waals surface area contributed by atoms with E-state index in [0.29, 0.717) is 10.6 Å². The zero-order chi connectivity index (χ0) is 9.14. The number of halogens is 2. The van der Waals surface area contributed by atoms with Gasteiger partial charge in [0.25, 0.3) is 0 Å². The molecule has 0 amide bonds. The lowest BCUT2D eigenvalue weighted by Crippen LogP contribution is -1.77. The molecule has 0 spiro atoms. The molecule has 0 saturated carbocycles. The molecule has 0 radical (unpaired) electrons. The lowest BCUT2D eigenvalue weighted by atomic mass is 10.2. The second-order valence-electron chi connectivity index (χ2n) is 2.30. The lowest BCUT2D eigenvalue weighted by molar-refractivity contribution is 0.474. The van der Waals surface area contributed by atoms with Crippen molar-refractivity contribution in [2.45, 2.75) is 6.92 Å². The monoisotopic (exact) mass is 202 g/mol. The van der Waals surface area contributed by atoms with Gasteiger partial charge in [0.05, 0.1) is 5.02 Å². The van der Waals surface area contributed by atoms with Gasteiger partial charge in [0.1, 0.15) is 10.8 Å². The zero-order valence-corrected chi connectivity index (χ0v) is 8.02.